The van der Waals surface area contributed by atoms with Gasteiger partial charge in [0.15, 0.2) is 0 Å². The van der Waals surface area contributed by atoms with Gasteiger partial charge in [-0.3, -0.25) is 29.1 Å². The van der Waals surface area contributed by atoms with Gasteiger partial charge < -0.3 is 24.4 Å². The molecule has 0 radical (unpaired) electrons. The Balaban J connectivity index is 1.07. The monoisotopic (exact) mass is 808 g/mol. The largest absolute Gasteiger partial charge is 0.508 e. The van der Waals surface area contributed by atoms with Crippen LogP contribution in [0.2, 0.25) is 0 Å². The minimum atomic E-state index is -0.902. The second-order valence-electron chi connectivity index (χ2n) is 16.1. The van der Waals surface area contributed by atoms with Gasteiger partial charge in [0.25, 0.3) is 5.91 Å². The van der Waals surface area contributed by atoms with Crippen LogP contribution in [-0.2, 0) is 47.4 Å². The summed E-state index contributed by atoms with van der Waals surface area (Å²) >= 11 is 0. The van der Waals surface area contributed by atoms with Gasteiger partial charge in [-0.25, -0.2) is 10.0 Å². The molecule has 0 unspecified atom stereocenters. The normalized spacial score (nSPS) is 18.9. The number of nitrogens with zero attached hydrogens (tertiary/aromatic N) is 8. The number of pyridine rings is 1. The molecule has 3 aliphatic heterocycles. The van der Waals surface area contributed by atoms with Gasteiger partial charge in [0.2, 0.25) is 17.7 Å². The Morgan fingerprint density at radius 2 is 1.63 bits per heavy atom. The maximum Gasteiger partial charge on any atom is 0.256 e. The van der Waals surface area contributed by atoms with Crippen LogP contribution in [0.3, 0.4) is 0 Å². The van der Waals surface area contributed by atoms with Crippen molar-refractivity contribution in [2.24, 2.45) is 7.05 Å². The molecular formula is C47H52N8O5. The Kier molecular flexibility index (Phi) is 11.8. The van der Waals surface area contributed by atoms with Gasteiger partial charge in [-0.05, 0) is 54.3 Å². The number of rotatable bonds is 12. The summed E-state index contributed by atoms with van der Waals surface area (Å²) in [7, 11) is 1.92. The van der Waals surface area contributed by atoms with E-state index >= 15 is 0 Å². The number of aromatic hydroxyl groups is 1. The molecule has 5 aromatic rings. The van der Waals surface area contributed by atoms with E-state index in [1.165, 1.54) is 0 Å². The van der Waals surface area contributed by atoms with E-state index in [9.17, 15) is 24.3 Å². The van der Waals surface area contributed by atoms with Crippen molar-refractivity contribution < 1.29 is 24.3 Å². The van der Waals surface area contributed by atoms with Crippen LogP contribution in [-0.4, -0.2) is 126 Å². The maximum absolute atomic E-state index is 14.8. The van der Waals surface area contributed by atoms with Crippen LogP contribution in [0.5, 0.6) is 5.75 Å². The molecule has 13 heteroatoms. The highest BCUT2D eigenvalue weighted by Gasteiger charge is 2.51. The van der Waals surface area contributed by atoms with Crippen molar-refractivity contribution in [3.8, 4) is 5.75 Å². The minimum absolute atomic E-state index is 0.0302. The average Bonchev–Trinajstić information content (AvgIpc) is 3.59. The number of carbonyl (C=O) groups is 4. The van der Waals surface area contributed by atoms with Crippen molar-refractivity contribution in [2.75, 3.05) is 45.8 Å². The fourth-order valence-electron chi connectivity index (χ4n) is 9.02. The first-order valence-corrected chi connectivity index (χ1v) is 20.7. The number of aryl methyl sites for hydroxylation is 3. The molecule has 3 fully saturated rings. The van der Waals surface area contributed by atoms with Gasteiger partial charge in [0.1, 0.15) is 18.0 Å². The van der Waals surface area contributed by atoms with Crippen LogP contribution in [0.15, 0.2) is 110 Å². The molecule has 0 spiro atoms. The van der Waals surface area contributed by atoms with Crippen LogP contribution < -0.4 is 0 Å². The van der Waals surface area contributed by atoms with Crippen LogP contribution in [0, 0.1) is 6.92 Å². The molecule has 0 saturated carbocycles. The van der Waals surface area contributed by atoms with Gasteiger partial charge in [-0.15, -0.1) is 6.58 Å². The summed E-state index contributed by atoms with van der Waals surface area (Å²) in [5, 5.41) is 14.2. The van der Waals surface area contributed by atoms with Gasteiger partial charge in [0.05, 0.1) is 29.9 Å². The molecule has 8 rings (SSSR count). The number of aromatic nitrogens is 2. The van der Waals surface area contributed by atoms with Crippen molar-refractivity contribution in [3.05, 3.63) is 143 Å². The molecule has 2 atom stereocenters. The lowest BCUT2D eigenvalue weighted by molar-refractivity contribution is -0.205. The van der Waals surface area contributed by atoms with E-state index in [4.69, 9.17) is 0 Å². The third-order valence-corrected chi connectivity index (χ3v) is 11.9. The Morgan fingerprint density at radius 1 is 0.883 bits per heavy atom. The molecule has 0 bridgehead atoms. The Hall–Kier alpha value is -6.31. The number of piperazine rings is 2. The summed E-state index contributed by atoms with van der Waals surface area (Å²) in [6.07, 6.45) is 3.73. The van der Waals surface area contributed by atoms with Crippen molar-refractivity contribution in [3.63, 3.8) is 0 Å². The number of fused-ring (bicyclic) bond motifs is 2. The molecule has 3 saturated heterocycles. The number of hydrazine groups is 1. The number of hydrogen-bond acceptors (Lipinski definition) is 8. The smallest absolute Gasteiger partial charge is 0.256 e. The first kappa shape index (κ1) is 40.5. The molecule has 5 heterocycles. The zero-order valence-corrected chi connectivity index (χ0v) is 34.3. The SMILES string of the molecule is C=CCN1CC(=O)N2[C@@H](Cc3ccc(O)cc3)C(=O)N(Cc3cccc4c(C(=O)N5CCN(Cc6cccc(C)n6)CC5)cn(C)c34)C[C@@H]2N1C(=O)CCc1ccccc1. The van der Waals surface area contributed by atoms with Crippen molar-refractivity contribution in [1.29, 1.82) is 0 Å². The van der Waals surface area contributed by atoms with Crippen molar-refractivity contribution in [2.45, 2.75) is 51.5 Å². The second-order valence-corrected chi connectivity index (χ2v) is 16.1. The number of carbonyl (C=O) groups excluding carboxylic acids is 4. The summed E-state index contributed by atoms with van der Waals surface area (Å²) in [4.78, 5) is 69.6. The lowest BCUT2D eigenvalue weighted by Crippen LogP contribution is -2.75. The van der Waals surface area contributed by atoms with E-state index in [2.05, 4.69) is 16.5 Å². The third kappa shape index (κ3) is 8.41. The number of para-hydroxylation sites is 1. The predicted octanol–water partition coefficient (Wildman–Crippen LogP) is 4.53. The highest BCUT2D eigenvalue weighted by molar-refractivity contribution is 6.07. The van der Waals surface area contributed by atoms with Gasteiger partial charge >= 0.3 is 0 Å². The summed E-state index contributed by atoms with van der Waals surface area (Å²) in [5.74, 6) is -0.559. The van der Waals surface area contributed by atoms with Gasteiger partial charge in [-0.1, -0.05) is 72.8 Å². The van der Waals surface area contributed by atoms with E-state index < -0.39 is 12.2 Å². The van der Waals surface area contributed by atoms with Gasteiger partial charge in [0, 0.05) is 83.0 Å². The zero-order valence-electron chi connectivity index (χ0n) is 34.3. The minimum Gasteiger partial charge on any atom is -0.508 e. The summed E-state index contributed by atoms with van der Waals surface area (Å²) < 4.78 is 1.96. The number of benzene rings is 3. The fourth-order valence-corrected chi connectivity index (χ4v) is 9.02. The number of phenolic OH excluding ortho intramolecular Hbond substituents is 1. The number of hydrogen-bond donors (Lipinski definition) is 1. The van der Waals surface area contributed by atoms with Gasteiger partial charge in [-0.2, -0.15) is 0 Å². The van der Waals surface area contributed by atoms with E-state index in [0.717, 1.165) is 58.6 Å². The second kappa shape index (κ2) is 17.5. The topological polar surface area (TPSA) is 126 Å². The molecule has 3 aromatic carbocycles. The maximum atomic E-state index is 14.8. The first-order valence-electron chi connectivity index (χ1n) is 20.7. The standard InChI is InChI=1S/C47H52N8O5/c1-4-22-53-32-44(58)54-41(27-35-16-19-38(56)20-17-35)47(60)52(31-42(54)55(53)43(57)21-18-34-11-6-5-7-12-34)28-36-13-9-15-39-40(30-49(3)45(36)39)46(59)51-25-23-50(24-26-51)29-37-14-8-10-33(2)48-37/h4-17,19-20,30,41-42,56H,1,18,21-29,31-32H2,2-3H3/t41-,42-/m0/s1. The number of amides is 4. The zero-order chi connectivity index (χ0) is 41.9. The van der Waals surface area contributed by atoms with E-state index in [1.54, 1.807) is 50.2 Å². The lowest BCUT2D eigenvalue weighted by Gasteiger charge is -2.55. The van der Waals surface area contributed by atoms with Crippen LogP contribution in [0.4, 0.5) is 0 Å². The molecule has 60 heavy (non-hydrogen) atoms. The Bertz CT molecular complexity index is 2390. The van der Waals surface area contributed by atoms with E-state index in [-0.39, 0.29) is 68.4 Å². The molecule has 0 aliphatic carbocycles. The predicted molar refractivity (Wildman–Crippen MR) is 228 cm³/mol. The molecule has 310 valence electrons. The third-order valence-electron chi connectivity index (χ3n) is 11.9. The number of phenols is 1. The van der Waals surface area contributed by atoms with Crippen molar-refractivity contribution >= 4 is 34.5 Å². The first-order chi connectivity index (χ1) is 29.1. The fraction of sp³-hybridized carbons (Fsp3) is 0.340. The molecular weight excluding hydrogens is 757 g/mol. The van der Waals surface area contributed by atoms with Crippen molar-refractivity contribution in [1.82, 2.24) is 39.2 Å². The van der Waals surface area contributed by atoms with E-state index in [1.807, 2.05) is 96.4 Å². The highest BCUT2D eigenvalue weighted by Crippen LogP contribution is 2.32. The van der Waals surface area contributed by atoms with E-state index in [0.29, 0.717) is 25.1 Å². The lowest BCUT2D eigenvalue weighted by atomic mass is 9.97. The molecule has 13 nitrogen and oxygen atoms in total. The summed E-state index contributed by atoms with van der Waals surface area (Å²) in [5.41, 5.74) is 6.12. The average molecular weight is 809 g/mol. The molecule has 1 N–H and O–H groups in total. The molecule has 3 aliphatic rings. The molecule has 4 amide bonds. The summed E-state index contributed by atoms with van der Waals surface area (Å²) in [6.45, 7) is 9.84. The summed E-state index contributed by atoms with van der Waals surface area (Å²) in [6, 6.07) is 27.5. The Labute approximate surface area is 350 Å². The highest BCUT2D eigenvalue weighted by atomic mass is 16.3. The van der Waals surface area contributed by atoms with Crippen LogP contribution in [0.25, 0.3) is 10.9 Å². The Morgan fingerprint density at radius 3 is 2.37 bits per heavy atom. The van der Waals surface area contributed by atoms with Crippen LogP contribution in [0.1, 0.15) is 44.9 Å². The quantitative estimate of drug-likeness (QED) is 0.183. The molecule has 2 aromatic heterocycles. The van der Waals surface area contributed by atoms with Crippen LogP contribution >= 0.6 is 0 Å².